The van der Waals surface area contributed by atoms with Crippen molar-refractivity contribution in [2.75, 3.05) is 0 Å². The predicted octanol–water partition coefficient (Wildman–Crippen LogP) is 2.34. The Bertz CT molecular complexity index is 794. The summed E-state index contributed by atoms with van der Waals surface area (Å²) in [5.74, 6) is 0. The van der Waals surface area contributed by atoms with Gasteiger partial charge in [0.15, 0.2) is 0 Å². The van der Waals surface area contributed by atoms with E-state index in [1.54, 1.807) is 6.20 Å². The third kappa shape index (κ3) is 2.32. The molecular weight excluding hydrogens is 250 g/mol. The van der Waals surface area contributed by atoms with E-state index in [2.05, 4.69) is 10.1 Å². The molecule has 0 radical (unpaired) electrons. The smallest absolute Gasteiger partial charge is 0.267 e. The van der Waals surface area contributed by atoms with Crippen LogP contribution in [0.15, 0.2) is 53.5 Å². The van der Waals surface area contributed by atoms with Crippen LogP contribution in [0.3, 0.4) is 0 Å². The summed E-state index contributed by atoms with van der Waals surface area (Å²) in [4.78, 5) is 16.6. The molecule has 2 aromatic heterocycles. The van der Waals surface area contributed by atoms with E-state index in [9.17, 15) is 4.79 Å². The molecule has 0 spiro atoms. The van der Waals surface area contributed by atoms with E-state index in [4.69, 9.17) is 0 Å². The summed E-state index contributed by atoms with van der Waals surface area (Å²) in [6.45, 7) is 2.47. The van der Waals surface area contributed by atoms with Gasteiger partial charge in [0.2, 0.25) is 0 Å². The van der Waals surface area contributed by atoms with Gasteiger partial charge in [-0.1, -0.05) is 24.3 Å². The zero-order valence-corrected chi connectivity index (χ0v) is 11.3. The van der Waals surface area contributed by atoms with Gasteiger partial charge in [-0.3, -0.25) is 9.78 Å². The van der Waals surface area contributed by atoms with Crippen molar-refractivity contribution in [1.82, 2.24) is 14.8 Å². The van der Waals surface area contributed by atoms with Crippen molar-refractivity contribution >= 4 is 10.8 Å². The number of hydrogen-bond acceptors (Lipinski definition) is 3. The fourth-order valence-corrected chi connectivity index (χ4v) is 2.32. The molecule has 4 heteroatoms. The first-order chi connectivity index (χ1) is 9.75. The van der Waals surface area contributed by atoms with Crippen molar-refractivity contribution in [3.8, 4) is 0 Å². The minimum atomic E-state index is -0.0397. The van der Waals surface area contributed by atoms with Crippen LogP contribution in [0, 0.1) is 6.92 Å². The quantitative estimate of drug-likeness (QED) is 0.730. The molecule has 0 fully saturated rings. The van der Waals surface area contributed by atoms with E-state index in [1.165, 1.54) is 4.68 Å². The molecular formula is C16H15N3O. The van der Waals surface area contributed by atoms with Crippen molar-refractivity contribution in [3.05, 3.63) is 70.4 Å². The molecule has 3 rings (SSSR count). The molecule has 20 heavy (non-hydrogen) atoms. The Balaban J connectivity index is 1.96. The molecule has 0 unspecified atom stereocenters. The largest absolute Gasteiger partial charge is 0.274 e. The number of hydrogen-bond donors (Lipinski definition) is 0. The first-order valence-corrected chi connectivity index (χ1v) is 6.62. The Morgan fingerprint density at radius 2 is 1.80 bits per heavy atom. The lowest BCUT2D eigenvalue weighted by molar-refractivity contribution is 0.572. The highest BCUT2D eigenvalue weighted by molar-refractivity contribution is 5.83. The van der Waals surface area contributed by atoms with Gasteiger partial charge in [0.25, 0.3) is 5.56 Å². The van der Waals surface area contributed by atoms with E-state index in [1.807, 2.05) is 49.4 Å². The lowest BCUT2D eigenvalue weighted by atomic mass is 10.1. The van der Waals surface area contributed by atoms with Gasteiger partial charge in [0, 0.05) is 23.7 Å². The lowest BCUT2D eigenvalue weighted by Gasteiger charge is -2.08. The maximum absolute atomic E-state index is 12.4. The van der Waals surface area contributed by atoms with Crippen LogP contribution in [-0.2, 0) is 13.0 Å². The summed E-state index contributed by atoms with van der Waals surface area (Å²) in [5, 5.41) is 6.04. The second-order valence-electron chi connectivity index (χ2n) is 4.73. The van der Waals surface area contributed by atoms with Crippen molar-refractivity contribution in [1.29, 1.82) is 0 Å². The molecule has 0 aliphatic carbocycles. The molecule has 0 aliphatic rings. The Kier molecular flexibility index (Phi) is 3.29. The summed E-state index contributed by atoms with van der Waals surface area (Å²) >= 11 is 0. The van der Waals surface area contributed by atoms with Gasteiger partial charge < -0.3 is 0 Å². The van der Waals surface area contributed by atoms with Crippen LogP contribution in [0.25, 0.3) is 10.8 Å². The Hall–Kier alpha value is -2.49. The lowest BCUT2D eigenvalue weighted by Crippen LogP contribution is -2.25. The highest BCUT2D eigenvalue weighted by atomic mass is 16.1. The summed E-state index contributed by atoms with van der Waals surface area (Å²) in [7, 11) is 0. The van der Waals surface area contributed by atoms with Gasteiger partial charge in [0.05, 0.1) is 17.6 Å². The van der Waals surface area contributed by atoms with Crippen molar-refractivity contribution in [3.63, 3.8) is 0 Å². The number of aryl methyl sites for hydroxylation is 3. The summed E-state index contributed by atoms with van der Waals surface area (Å²) in [5.41, 5.74) is 1.80. The molecule has 4 nitrogen and oxygen atoms in total. The van der Waals surface area contributed by atoms with Gasteiger partial charge >= 0.3 is 0 Å². The predicted molar refractivity (Wildman–Crippen MR) is 78.7 cm³/mol. The summed E-state index contributed by atoms with van der Waals surface area (Å²) in [6.07, 6.45) is 2.46. The van der Waals surface area contributed by atoms with Gasteiger partial charge in [-0.2, -0.15) is 5.10 Å². The van der Waals surface area contributed by atoms with Crippen LogP contribution in [-0.4, -0.2) is 14.8 Å². The number of rotatable bonds is 3. The SMILES string of the molecule is Cc1nn(CCc2ccccn2)c(=O)c2ccccc12. The van der Waals surface area contributed by atoms with Crippen LogP contribution in [0.5, 0.6) is 0 Å². The second-order valence-corrected chi connectivity index (χ2v) is 4.73. The van der Waals surface area contributed by atoms with Gasteiger partial charge in [-0.25, -0.2) is 4.68 Å². The molecule has 1 aromatic carbocycles. The van der Waals surface area contributed by atoms with Crippen LogP contribution in [0.4, 0.5) is 0 Å². The molecule has 0 amide bonds. The van der Waals surface area contributed by atoms with E-state index >= 15 is 0 Å². The fourth-order valence-electron chi connectivity index (χ4n) is 2.32. The number of fused-ring (bicyclic) bond motifs is 1. The Morgan fingerprint density at radius 3 is 2.55 bits per heavy atom. The summed E-state index contributed by atoms with van der Waals surface area (Å²) in [6, 6.07) is 13.4. The third-order valence-electron chi connectivity index (χ3n) is 3.36. The molecule has 2 heterocycles. The van der Waals surface area contributed by atoms with Crippen molar-refractivity contribution < 1.29 is 0 Å². The molecule has 3 aromatic rings. The average Bonchev–Trinajstić information content (AvgIpc) is 2.50. The average molecular weight is 265 g/mol. The Labute approximate surface area is 116 Å². The van der Waals surface area contributed by atoms with Crippen molar-refractivity contribution in [2.45, 2.75) is 19.9 Å². The maximum atomic E-state index is 12.4. The Morgan fingerprint density at radius 1 is 1.05 bits per heavy atom. The number of benzene rings is 1. The zero-order chi connectivity index (χ0) is 13.9. The van der Waals surface area contributed by atoms with Crippen LogP contribution in [0.2, 0.25) is 0 Å². The minimum absolute atomic E-state index is 0.0397. The molecule has 100 valence electrons. The van der Waals surface area contributed by atoms with Crippen LogP contribution < -0.4 is 5.56 Å². The fraction of sp³-hybridized carbons (Fsp3) is 0.188. The van der Waals surface area contributed by atoms with Gasteiger partial charge in [-0.15, -0.1) is 0 Å². The van der Waals surface area contributed by atoms with E-state index in [0.29, 0.717) is 13.0 Å². The number of nitrogens with zero attached hydrogens (tertiary/aromatic N) is 3. The van der Waals surface area contributed by atoms with E-state index in [-0.39, 0.29) is 5.56 Å². The first kappa shape index (κ1) is 12.5. The molecule has 0 saturated carbocycles. The highest BCUT2D eigenvalue weighted by Crippen LogP contribution is 2.11. The van der Waals surface area contributed by atoms with E-state index < -0.39 is 0 Å². The normalized spacial score (nSPS) is 10.8. The summed E-state index contributed by atoms with van der Waals surface area (Å²) < 4.78 is 1.53. The molecule has 0 aliphatic heterocycles. The standard InChI is InChI=1S/C16H15N3O/c1-12-14-7-2-3-8-15(14)16(20)19(18-12)11-9-13-6-4-5-10-17-13/h2-8,10H,9,11H2,1H3. The second kappa shape index (κ2) is 5.25. The maximum Gasteiger partial charge on any atom is 0.274 e. The van der Waals surface area contributed by atoms with Crippen LogP contribution >= 0.6 is 0 Å². The van der Waals surface area contributed by atoms with E-state index in [0.717, 1.165) is 22.2 Å². The monoisotopic (exact) mass is 265 g/mol. The van der Waals surface area contributed by atoms with Crippen LogP contribution in [0.1, 0.15) is 11.4 Å². The van der Waals surface area contributed by atoms with Gasteiger partial charge in [0.1, 0.15) is 0 Å². The van der Waals surface area contributed by atoms with Gasteiger partial charge in [-0.05, 0) is 25.1 Å². The topological polar surface area (TPSA) is 47.8 Å². The first-order valence-electron chi connectivity index (χ1n) is 6.62. The minimum Gasteiger partial charge on any atom is -0.267 e. The number of pyridine rings is 1. The molecule has 0 atom stereocenters. The zero-order valence-electron chi connectivity index (χ0n) is 11.3. The number of aromatic nitrogens is 3. The third-order valence-corrected chi connectivity index (χ3v) is 3.36. The highest BCUT2D eigenvalue weighted by Gasteiger charge is 2.07. The molecule has 0 saturated heterocycles. The molecule has 0 bridgehead atoms. The van der Waals surface area contributed by atoms with Crippen molar-refractivity contribution in [2.24, 2.45) is 0 Å². The molecule has 0 N–H and O–H groups in total.